The maximum atomic E-state index is 13.1. The van der Waals surface area contributed by atoms with E-state index in [1.807, 2.05) is 6.92 Å². The monoisotopic (exact) mass is 336 g/mol. The molecule has 2 atom stereocenters. The Kier molecular flexibility index (Phi) is 6.73. The molecule has 6 heteroatoms. The van der Waals surface area contributed by atoms with Gasteiger partial charge in [-0.15, -0.1) is 0 Å². The van der Waals surface area contributed by atoms with Gasteiger partial charge in [-0.2, -0.15) is 0 Å². The smallest absolute Gasteiger partial charge is 0.248 e. The second-order valence-electron chi connectivity index (χ2n) is 6.07. The molecule has 24 heavy (non-hydrogen) atoms. The number of benzene rings is 1. The number of amides is 2. The molecule has 0 saturated carbocycles. The lowest BCUT2D eigenvalue weighted by molar-refractivity contribution is -0.141. The summed E-state index contributed by atoms with van der Waals surface area (Å²) in [6.07, 6.45) is 2.23. The van der Waals surface area contributed by atoms with Crippen LogP contribution in [0.2, 0.25) is 0 Å². The first-order valence-electron chi connectivity index (χ1n) is 8.40. The highest BCUT2D eigenvalue weighted by atomic mass is 19.1. The maximum Gasteiger partial charge on any atom is 0.248 e. The molecule has 0 aromatic heterocycles. The molecule has 1 N–H and O–H groups in total. The molecule has 0 spiro atoms. The minimum Gasteiger partial charge on any atom is -0.372 e. The summed E-state index contributed by atoms with van der Waals surface area (Å²) in [6.45, 7) is 4.50. The number of nitrogens with zero attached hydrogens (tertiary/aromatic N) is 1. The second-order valence-corrected chi connectivity index (χ2v) is 6.07. The van der Waals surface area contributed by atoms with E-state index in [4.69, 9.17) is 4.74 Å². The molecular weight excluding hydrogens is 311 g/mol. The van der Waals surface area contributed by atoms with Crippen molar-refractivity contribution >= 4 is 11.8 Å². The fourth-order valence-corrected chi connectivity index (χ4v) is 3.18. The molecule has 0 bridgehead atoms. The molecule has 2 amide bonds. The van der Waals surface area contributed by atoms with Gasteiger partial charge in [0.1, 0.15) is 12.4 Å². The van der Waals surface area contributed by atoms with E-state index in [-0.39, 0.29) is 36.3 Å². The van der Waals surface area contributed by atoms with Crippen LogP contribution in [0.15, 0.2) is 24.3 Å². The fourth-order valence-electron chi connectivity index (χ4n) is 3.18. The molecule has 132 valence electrons. The number of ether oxygens (including phenoxy) is 1. The summed E-state index contributed by atoms with van der Waals surface area (Å²) in [5.74, 6) is -0.465. The summed E-state index contributed by atoms with van der Waals surface area (Å²) in [5, 5.41) is 2.96. The van der Waals surface area contributed by atoms with E-state index in [1.165, 1.54) is 19.1 Å². The quantitative estimate of drug-likeness (QED) is 0.863. The first-order valence-corrected chi connectivity index (χ1v) is 8.40. The predicted octanol–water partition coefficient (Wildman–Crippen LogP) is 1.90. The number of hydrogen-bond acceptors (Lipinski definition) is 3. The molecule has 1 aromatic rings. The molecule has 0 aliphatic carbocycles. The van der Waals surface area contributed by atoms with Gasteiger partial charge in [0.25, 0.3) is 0 Å². The highest BCUT2D eigenvalue weighted by Crippen LogP contribution is 2.22. The van der Waals surface area contributed by atoms with E-state index >= 15 is 0 Å². The molecule has 1 aromatic carbocycles. The van der Waals surface area contributed by atoms with Gasteiger partial charge >= 0.3 is 0 Å². The summed E-state index contributed by atoms with van der Waals surface area (Å²) < 4.78 is 18.4. The highest BCUT2D eigenvalue weighted by Gasteiger charge is 2.34. The van der Waals surface area contributed by atoms with Gasteiger partial charge in [-0.1, -0.05) is 12.1 Å². The van der Waals surface area contributed by atoms with Crippen LogP contribution in [0.1, 0.15) is 32.3 Å². The summed E-state index contributed by atoms with van der Waals surface area (Å²) in [4.78, 5) is 25.8. The van der Waals surface area contributed by atoms with Crippen LogP contribution >= 0.6 is 0 Å². The average Bonchev–Trinajstić information content (AvgIpc) is 2.55. The average molecular weight is 336 g/mol. The van der Waals surface area contributed by atoms with E-state index in [2.05, 4.69) is 5.32 Å². The lowest BCUT2D eigenvalue weighted by Gasteiger charge is -2.41. The minimum atomic E-state index is -0.287. The SMILES string of the molecule is CCOCC(=O)N1CCC[C@H](NC(C)=O)[C@@H]1Cc1ccc(F)cc1. The van der Waals surface area contributed by atoms with Crippen molar-refractivity contribution in [2.45, 2.75) is 45.2 Å². The first-order chi connectivity index (χ1) is 11.5. The molecule has 1 heterocycles. The summed E-state index contributed by atoms with van der Waals surface area (Å²) in [5.41, 5.74) is 0.938. The van der Waals surface area contributed by atoms with Gasteiger partial charge in [-0.3, -0.25) is 9.59 Å². The molecule has 5 nitrogen and oxygen atoms in total. The van der Waals surface area contributed by atoms with Crippen molar-refractivity contribution in [3.05, 3.63) is 35.6 Å². The third-order valence-electron chi connectivity index (χ3n) is 4.28. The number of piperidine rings is 1. The maximum absolute atomic E-state index is 13.1. The predicted molar refractivity (Wildman–Crippen MR) is 88.9 cm³/mol. The third-order valence-corrected chi connectivity index (χ3v) is 4.28. The van der Waals surface area contributed by atoms with Crippen molar-refractivity contribution in [2.24, 2.45) is 0 Å². The Labute approximate surface area is 142 Å². The first kappa shape index (κ1) is 18.4. The fraction of sp³-hybridized carbons (Fsp3) is 0.556. The van der Waals surface area contributed by atoms with Gasteiger partial charge in [0.15, 0.2) is 0 Å². The molecular formula is C18H25FN2O3. The van der Waals surface area contributed by atoms with Gasteiger partial charge in [0.05, 0.1) is 6.04 Å². The second kappa shape index (κ2) is 8.78. The molecule has 0 unspecified atom stereocenters. The standard InChI is InChI=1S/C18H25FN2O3/c1-3-24-12-18(23)21-10-4-5-16(20-13(2)22)17(21)11-14-6-8-15(19)9-7-14/h6-9,16-17H,3-5,10-12H2,1-2H3,(H,20,22)/t16-,17-/m0/s1. The largest absolute Gasteiger partial charge is 0.372 e. The lowest BCUT2D eigenvalue weighted by atomic mass is 9.90. The third kappa shape index (κ3) is 5.03. The van der Waals surface area contributed by atoms with Crippen molar-refractivity contribution in [1.29, 1.82) is 0 Å². The van der Waals surface area contributed by atoms with E-state index in [0.29, 0.717) is 19.6 Å². The summed E-state index contributed by atoms with van der Waals surface area (Å²) in [7, 11) is 0. The Balaban J connectivity index is 2.17. The van der Waals surface area contributed by atoms with Crippen LogP contribution in [0.3, 0.4) is 0 Å². The Hall–Kier alpha value is -1.95. The zero-order valence-corrected chi connectivity index (χ0v) is 14.3. The van der Waals surface area contributed by atoms with Crippen molar-refractivity contribution in [3.63, 3.8) is 0 Å². The van der Waals surface area contributed by atoms with E-state index < -0.39 is 0 Å². The van der Waals surface area contributed by atoms with Gasteiger partial charge in [-0.05, 0) is 43.9 Å². The summed E-state index contributed by atoms with van der Waals surface area (Å²) in [6, 6.07) is 6.02. The van der Waals surface area contributed by atoms with Crippen LogP contribution < -0.4 is 5.32 Å². The number of hydrogen-bond donors (Lipinski definition) is 1. The molecule has 1 saturated heterocycles. The normalized spacial score (nSPS) is 20.7. The Morgan fingerprint density at radius 1 is 1.33 bits per heavy atom. The zero-order chi connectivity index (χ0) is 17.5. The number of carbonyl (C=O) groups excluding carboxylic acids is 2. The minimum absolute atomic E-state index is 0.0449. The van der Waals surface area contributed by atoms with E-state index in [9.17, 15) is 14.0 Å². The Morgan fingerprint density at radius 3 is 2.67 bits per heavy atom. The number of likely N-dealkylation sites (tertiary alicyclic amines) is 1. The van der Waals surface area contributed by atoms with Crippen LogP contribution in [0, 0.1) is 5.82 Å². The number of nitrogens with one attached hydrogen (secondary N) is 1. The molecule has 1 fully saturated rings. The number of halogens is 1. The van der Waals surface area contributed by atoms with Crippen molar-refractivity contribution in [1.82, 2.24) is 10.2 Å². The van der Waals surface area contributed by atoms with Crippen LogP contribution in [0.25, 0.3) is 0 Å². The van der Waals surface area contributed by atoms with Crippen molar-refractivity contribution in [3.8, 4) is 0 Å². The van der Waals surface area contributed by atoms with Crippen LogP contribution in [0.4, 0.5) is 4.39 Å². The van der Waals surface area contributed by atoms with Crippen molar-refractivity contribution in [2.75, 3.05) is 19.8 Å². The molecule has 0 radical (unpaired) electrons. The Morgan fingerprint density at radius 2 is 2.04 bits per heavy atom. The van der Waals surface area contributed by atoms with Crippen LogP contribution in [0.5, 0.6) is 0 Å². The van der Waals surface area contributed by atoms with E-state index in [0.717, 1.165) is 18.4 Å². The van der Waals surface area contributed by atoms with Gasteiger partial charge in [-0.25, -0.2) is 4.39 Å². The zero-order valence-electron chi connectivity index (χ0n) is 14.3. The summed E-state index contributed by atoms with van der Waals surface area (Å²) >= 11 is 0. The van der Waals surface area contributed by atoms with Gasteiger partial charge < -0.3 is 15.0 Å². The Bertz CT molecular complexity index is 562. The van der Waals surface area contributed by atoms with Crippen LogP contribution in [-0.2, 0) is 20.7 Å². The molecule has 1 aliphatic rings. The van der Waals surface area contributed by atoms with Crippen LogP contribution in [-0.4, -0.2) is 48.6 Å². The molecule has 2 rings (SSSR count). The van der Waals surface area contributed by atoms with E-state index in [1.54, 1.807) is 17.0 Å². The van der Waals surface area contributed by atoms with Crippen molar-refractivity contribution < 1.29 is 18.7 Å². The lowest BCUT2D eigenvalue weighted by Crippen LogP contribution is -2.58. The number of rotatable bonds is 6. The highest BCUT2D eigenvalue weighted by molar-refractivity contribution is 5.78. The topological polar surface area (TPSA) is 58.6 Å². The van der Waals surface area contributed by atoms with Gasteiger partial charge in [0, 0.05) is 26.1 Å². The molecule has 1 aliphatic heterocycles. The van der Waals surface area contributed by atoms with Gasteiger partial charge in [0.2, 0.25) is 11.8 Å². The number of carbonyl (C=O) groups is 2.